The molecule has 2 aliphatic rings. The summed E-state index contributed by atoms with van der Waals surface area (Å²) in [5, 5.41) is 0. The molecule has 1 fully saturated rings. The summed E-state index contributed by atoms with van der Waals surface area (Å²) >= 11 is 1.75. The van der Waals surface area contributed by atoms with Gasteiger partial charge in [-0.2, -0.15) is 0 Å². The van der Waals surface area contributed by atoms with Gasteiger partial charge in [0.2, 0.25) is 0 Å². The van der Waals surface area contributed by atoms with E-state index in [1.807, 2.05) is 11.7 Å². The molecule has 0 saturated heterocycles. The zero-order chi connectivity index (χ0) is 15.8. The molecular weight excluding hydrogens is 308 g/mol. The Bertz CT molecular complexity index is 676. The summed E-state index contributed by atoms with van der Waals surface area (Å²) in [5.41, 5.74) is 4.32. The van der Waals surface area contributed by atoms with Crippen LogP contribution in [-0.2, 0) is 24.4 Å². The van der Waals surface area contributed by atoms with Crippen LogP contribution in [0.25, 0.3) is 0 Å². The minimum Gasteiger partial charge on any atom is -0.375 e. The van der Waals surface area contributed by atoms with Crippen molar-refractivity contribution in [3.05, 3.63) is 33.8 Å². The minimum absolute atomic E-state index is 0.336. The van der Waals surface area contributed by atoms with Gasteiger partial charge < -0.3 is 9.30 Å². The number of aromatic nitrogens is 3. The van der Waals surface area contributed by atoms with Gasteiger partial charge in [-0.05, 0) is 32.6 Å². The molecule has 1 saturated carbocycles. The third-order valence-electron chi connectivity index (χ3n) is 4.99. The second-order valence-electron chi connectivity index (χ2n) is 6.73. The highest BCUT2D eigenvalue weighted by Gasteiger charge is 2.28. The fourth-order valence-electron chi connectivity index (χ4n) is 3.21. The van der Waals surface area contributed by atoms with E-state index >= 15 is 0 Å². The van der Waals surface area contributed by atoms with Crippen molar-refractivity contribution in [3.8, 4) is 0 Å². The maximum atomic E-state index is 5.85. The molecule has 0 unspecified atom stereocenters. The largest absolute Gasteiger partial charge is 0.375 e. The Morgan fingerprint density at radius 1 is 1.30 bits per heavy atom. The van der Waals surface area contributed by atoms with E-state index in [2.05, 4.69) is 33.3 Å². The van der Waals surface area contributed by atoms with Crippen LogP contribution in [0.15, 0.2) is 11.7 Å². The van der Waals surface area contributed by atoms with Crippen LogP contribution < -0.4 is 0 Å². The molecule has 0 bridgehead atoms. The number of hydrogen-bond donors (Lipinski definition) is 0. The number of hydrogen-bond acceptors (Lipinski definition) is 5. The lowest BCUT2D eigenvalue weighted by molar-refractivity contribution is 0.101. The Labute approximate surface area is 141 Å². The van der Waals surface area contributed by atoms with Gasteiger partial charge in [0.1, 0.15) is 5.82 Å². The quantitative estimate of drug-likeness (QED) is 0.815. The molecule has 23 heavy (non-hydrogen) atoms. The first-order valence-electron chi connectivity index (χ1n) is 8.47. The predicted octanol–water partition coefficient (Wildman–Crippen LogP) is 3.15. The van der Waals surface area contributed by atoms with Crippen LogP contribution in [0.4, 0.5) is 0 Å². The fourth-order valence-corrected chi connectivity index (χ4v) is 4.01. The zero-order valence-electron chi connectivity index (χ0n) is 13.9. The van der Waals surface area contributed by atoms with Crippen LogP contribution in [0.3, 0.4) is 0 Å². The Morgan fingerprint density at radius 2 is 2.17 bits per heavy atom. The van der Waals surface area contributed by atoms with Gasteiger partial charge in [-0.1, -0.05) is 0 Å². The normalized spacial score (nSPS) is 21.6. The van der Waals surface area contributed by atoms with Crippen LogP contribution in [0.5, 0.6) is 0 Å². The van der Waals surface area contributed by atoms with Crippen molar-refractivity contribution >= 4 is 11.3 Å². The van der Waals surface area contributed by atoms with E-state index in [1.165, 1.54) is 29.2 Å². The monoisotopic (exact) mass is 332 g/mol. The molecule has 5 nitrogen and oxygen atoms in total. The number of rotatable bonds is 6. The highest BCUT2D eigenvalue weighted by atomic mass is 32.1. The first-order chi connectivity index (χ1) is 11.2. The minimum atomic E-state index is 0.336. The molecular formula is C17H24N4OS. The average Bonchev–Trinajstić information content (AvgIpc) is 3.14. The molecule has 1 atom stereocenters. The maximum Gasteiger partial charge on any atom is 0.126 e. The summed E-state index contributed by atoms with van der Waals surface area (Å²) in [4.78, 5) is 12.9. The van der Waals surface area contributed by atoms with Crippen LogP contribution in [0.1, 0.15) is 47.9 Å². The molecule has 6 heteroatoms. The van der Waals surface area contributed by atoms with Gasteiger partial charge in [-0.3, -0.25) is 4.90 Å². The number of thiazole rings is 1. The van der Waals surface area contributed by atoms with E-state index in [-0.39, 0.29) is 0 Å². The van der Waals surface area contributed by atoms with Gasteiger partial charge in [0.25, 0.3) is 0 Å². The third kappa shape index (κ3) is 3.20. The molecule has 124 valence electrons. The highest BCUT2D eigenvalue weighted by Crippen LogP contribution is 2.30. The lowest BCUT2D eigenvalue weighted by atomic mass is 10.2. The van der Waals surface area contributed by atoms with Crippen LogP contribution in [-0.4, -0.2) is 32.6 Å². The topological polar surface area (TPSA) is 43.2 Å². The average molecular weight is 332 g/mol. The third-order valence-corrected chi connectivity index (χ3v) is 5.91. The molecule has 0 radical (unpaired) electrons. The number of aryl methyl sites for hydroxylation is 1. The van der Waals surface area contributed by atoms with E-state index < -0.39 is 0 Å². The lowest BCUT2D eigenvalue weighted by Crippen LogP contribution is -2.37. The zero-order valence-corrected chi connectivity index (χ0v) is 14.7. The van der Waals surface area contributed by atoms with Crippen molar-refractivity contribution in [2.75, 3.05) is 13.2 Å². The standard InChI is InChI=1S/C17H24N4OS/c1-12-16(23-11-19-12)8-20-5-6-21-15(7-18-17(21)13(20)2)10-22-9-14-3-4-14/h7,11,13-14H,3-6,8-10H2,1-2H3/t13-/m0/s1. The summed E-state index contributed by atoms with van der Waals surface area (Å²) in [6, 6.07) is 0.336. The van der Waals surface area contributed by atoms with Crippen molar-refractivity contribution in [2.45, 2.75) is 52.4 Å². The summed E-state index contributed by atoms with van der Waals surface area (Å²) < 4.78 is 8.20. The van der Waals surface area contributed by atoms with E-state index in [9.17, 15) is 0 Å². The number of nitrogens with zero attached hydrogens (tertiary/aromatic N) is 4. The van der Waals surface area contributed by atoms with Crippen molar-refractivity contribution in [1.29, 1.82) is 0 Å². The summed E-state index contributed by atoms with van der Waals surface area (Å²) in [6.07, 6.45) is 4.68. The number of ether oxygens (including phenoxy) is 1. The van der Waals surface area contributed by atoms with Gasteiger partial charge >= 0.3 is 0 Å². The summed E-state index contributed by atoms with van der Waals surface area (Å²) in [5.74, 6) is 1.99. The Morgan fingerprint density at radius 3 is 2.91 bits per heavy atom. The molecule has 0 aromatic carbocycles. The number of imidazole rings is 1. The van der Waals surface area contributed by atoms with Crippen LogP contribution in [0, 0.1) is 12.8 Å². The number of fused-ring (bicyclic) bond motifs is 1. The summed E-state index contributed by atoms with van der Waals surface area (Å²) in [6.45, 7) is 8.98. The first-order valence-corrected chi connectivity index (χ1v) is 9.35. The van der Waals surface area contributed by atoms with Crippen molar-refractivity contribution < 1.29 is 4.74 Å². The Hall–Kier alpha value is -1.24. The molecule has 1 aliphatic heterocycles. The molecule has 3 heterocycles. The SMILES string of the molecule is Cc1ncsc1CN1CCn2c(COCC3CC3)cnc2[C@@H]1C. The van der Waals surface area contributed by atoms with E-state index in [0.29, 0.717) is 12.6 Å². The first kappa shape index (κ1) is 15.3. The molecule has 0 spiro atoms. The van der Waals surface area contributed by atoms with Crippen LogP contribution in [0.2, 0.25) is 0 Å². The van der Waals surface area contributed by atoms with E-state index in [0.717, 1.165) is 37.9 Å². The maximum absolute atomic E-state index is 5.85. The molecule has 1 aliphatic carbocycles. The van der Waals surface area contributed by atoms with Crippen LogP contribution >= 0.6 is 11.3 Å². The fraction of sp³-hybridized carbons (Fsp3) is 0.647. The van der Waals surface area contributed by atoms with E-state index in [1.54, 1.807) is 11.3 Å². The Balaban J connectivity index is 1.43. The van der Waals surface area contributed by atoms with Crippen molar-refractivity contribution in [2.24, 2.45) is 5.92 Å². The van der Waals surface area contributed by atoms with Gasteiger partial charge in [-0.15, -0.1) is 11.3 Å². The van der Waals surface area contributed by atoms with Crippen molar-refractivity contribution in [1.82, 2.24) is 19.4 Å². The molecule has 2 aromatic heterocycles. The smallest absolute Gasteiger partial charge is 0.126 e. The Kier molecular flexibility index (Phi) is 4.22. The van der Waals surface area contributed by atoms with Gasteiger partial charge in [0.15, 0.2) is 0 Å². The van der Waals surface area contributed by atoms with Gasteiger partial charge in [0, 0.05) is 31.1 Å². The second kappa shape index (κ2) is 6.34. The molecule has 0 N–H and O–H groups in total. The van der Waals surface area contributed by atoms with Gasteiger partial charge in [-0.25, -0.2) is 9.97 Å². The predicted molar refractivity (Wildman–Crippen MR) is 90.3 cm³/mol. The van der Waals surface area contributed by atoms with Crippen molar-refractivity contribution in [3.63, 3.8) is 0 Å². The summed E-state index contributed by atoms with van der Waals surface area (Å²) in [7, 11) is 0. The lowest BCUT2D eigenvalue weighted by Gasteiger charge is -2.34. The van der Waals surface area contributed by atoms with Gasteiger partial charge in [0.05, 0.1) is 35.7 Å². The molecule has 0 amide bonds. The van der Waals surface area contributed by atoms with E-state index in [4.69, 9.17) is 4.74 Å². The second-order valence-corrected chi connectivity index (χ2v) is 7.66. The molecule has 4 rings (SSSR count). The highest BCUT2D eigenvalue weighted by molar-refractivity contribution is 7.09. The molecule has 2 aromatic rings.